The number of hydrogen-bond donors (Lipinski definition) is 2. The molecule has 0 aliphatic rings. The standard InChI is InChI=1S/C16H22F2N4O/c1-10-13(16(21(2)3)22(4)20-10)8-19-9-15(23)12-6-5-11(17)7-14(12)18/h5-7,15,19,23H,8-9H2,1-4H3. The van der Waals surface area contributed by atoms with Crippen molar-refractivity contribution in [3.8, 4) is 0 Å². The molecule has 1 heterocycles. The van der Waals surface area contributed by atoms with Gasteiger partial charge in [0, 0.05) is 51.4 Å². The predicted octanol–water partition coefficient (Wildman–Crippen LogP) is 1.90. The highest BCUT2D eigenvalue weighted by Gasteiger charge is 2.17. The van der Waals surface area contributed by atoms with E-state index in [1.807, 2.05) is 33.0 Å². The molecule has 1 aromatic heterocycles. The van der Waals surface area contributed by atoms with Crippen LogP contribution in [0.25, 0.3) is 0 Å². The van der Waals surface area contributed by atoms with Crippen LogP contribution in [0, 0.1) is 18.6 Å². The number of benzene rings is 1. The maximum absolute atomic E-state index is 13.6. The molecule has 0 saturated heterocycles. The number of halogens is 2. The fraction of sp³-hybridized carbons (Fsp3) is 0.438. The summed E-state index contributed by atoms with van der Waals surface area (Å²) < 4.78 is 28.3. The van der Waals surface area contributed by atoms with Gasteiger partial charge in [0.1, 0.15) is 17.5 Å². The predicted molar refractivity (Wildman–Crippen MR) is 85.3 cm³/mol. The zero-order valence-corrected chi connectivity index (χ0v) is 13.8. The van der Waals surface area contributed by atoms with E-state index < -0.39 is 17.7 Å². The molecule has 0 bridgehead atoms. The average molecular weight is 324 g/mol. The quantitative estimate of drug-likeness (QED) is 0.852. The molecule has 0 spiro atoms. The van der Waals surface area contributed by atoms with Crippen molar-refractivity contribution in [1.29, 1.82) is 0 Å². The van der Waals surface area contributed by atoms with Crippen LogP contribution in [0.3, 0.4) is 0 Å². The summed E-state index contributed by atoms with van der Waals surface area (Å²) in [6.07, 6.45) is -1.05. The van der Waals surface area contributed by atoms with Gasteiger partial charge in [-0.15, -0.1) is 0 Å². The Bertz CT molecular complexity index is 685. The number of anilines is 1. The van der Waals surface area contributed by atoms with Crippen LogP contribution in [0.4, 0.5) is 14.6 Å². The Morgan fingerprint density at radius 2 is 2.04 bits per heavy atom. The molecule has 1 unspecified atom stereocenters. The Morgan fingerprint density at radius 3 is 2.65 bits per heavy atom. The first kappa shape index (κ1) is 17.4. The van der Waals surface area contributed by atoms with Crippen LogP contribution in [0.2, 0.25) is 0 Å². The molecule has 1 atom stereocenters. The van der Waals surface area contributed by atoms with Crippen LogP contribution < -0.4 is 10.2 Å². The zero-order valence-electron chi connectivity index (χ0n) is 13.8. The van der Waals surface area contributed by atoms with Gasteiger partial charge in [-0.25, -0.2) is 8.78 Å². The lowest BCUT2D eigenvalue weighted by Crippen LogP contribution is -2.23. The first-order valence-corrected chi connectivity index (χ1v) is 7.34. The number of aromatic nitrogens is 2. The van der Waals surface area contributed by atoms with Crippen LogP contribution >= 0.6 is 0 Å². The lowest BCUT2D eigenvalue weighted by Gasteiger charge is -2.17. The number of aliphatic hydroxyl groups excluding tert-OH is 1. The van der Waals surface area contributed by atoms with Gasteiger partial charge in [0.05, 0.1) is 11.8 Å². The number of hydrogen-bond acceptors (Lipinski definition) is 4. The Kier molecular flexibility index (Phi) is 5.33. The van der Waals surface area contributed by atoms with E-state index in [0.717, 1.165) is 29.2 Å². The van der Waals surface area contributed by atoms with Crippen molar-refractivity contribution in [1.82, 2.24) is 15.1 Å². The van der Waals surface area contributed by atoms with Crippen LogP contribution in [-0.2, 0) is 13.6 Å². The molecule has 2 rings (SSSR count). The minimum atomic E-state index is -1.05. The minimum absolute atomic E-state index is 0.0784. The van der Waals surface area contributed by atoms with E-state index in [1.165, 1.54) is 6.07 Å². The van der Waals surface area contributed by atoms with Gasteiger partial charge in [-0.3, -0.25) is 4.68 Å². The molecule has 0 radical (unpaired) electrons. The fourth-order valence-electron chi connectivity index (χ4n) is 2.67. The van der Waals surface area contributed by atoms with E-state index in [9.17, 15) is 13.9 Å². The summed E-state index contributed by atoms with van der Waals surface area (Å²) in [5.74, 6) is -0.434. The van der Waals surface area contributed by atoms with Crippen LogP contribution in [0.5, 0.6) is 0 Å². The summed E-state index contributed by atoms with van der Waals surface area (Å²) in [4.78, 5) is 1.97. The molecule has 0 aliphatic carbocycles. The molecule has 5 nitrogen and oxygen atoms in total. The minimum Gasteiger partial charge on any atom is -0.387 e. The van der Waals surface area contributed by atoms with Crippen LogP contribution in [0.15, 0.2) is 18.2 Å². The van der Waals surface area contributed by atoms with Gasteiger partial charge < -0.3 is 15.3 Å². The topological polar surface area (TPSA) is 53.3 Å². The summed E-state index contributed by atoms with van der Waals surface area (Å²) in [5.41, 5.74) is 1.99. The Hall–Kier alpha value is -1.99. The van der Waals surface area contributed by atoms with E-state index in [-0.39, 0.29) is 12.1 Å². The molecule has 126 valence electrons. The second-order valence-electron chi connectivity index (χ2n) is 5.72. The Labute approximate surface area is 134 Å². The van der Waals surface area contributed by atoms with E-state index in [2.05, 4.69) is 10.4 Å². The molecule has 0 fully saturated rings. The molecular formula is C16H22F2N4O. The first-order chi connectivity index (χ1) is 10.8. The van der Waals surface area contributed by atoms with Gasteiger partial charge in [0.25, 0.3) is 0 Å². The van der Waals surface area contributed by atoms with E-state index in [0.29, 0.717) is 6.54 Å². The monoisotopic (exact) mass is 324 g/mol. The molecule has 0 saturated carbocycles. The number of aryl methyl sites for hydroxylation is 2. The molecule has 0 aliphatic heterocycles. The Morgan fingerprint density at radius 1 is 1.35 bits per heavy atom. The molecule has 23 heavy (non-hydrogen) atoms. The fourth-order valence-corrected chi connectivity index (χ4v) is 2.67. The highest BCUT2D eigenvalue weighted by atomic mass is 19.1. The van der Waals surface area contributed by atoms with E-state index in [4.69, 9.17) is 0 Å². The normalized spacial score (nSPS) is 12.5. The SMILES string of the molecule is Cc1nn(C)c(N(C)C)c1CNCC(O)c1ccc(F)cc1F. The third kappa shape index (κ3) is 3.86. The zero-order chi connectivity index (χ0) is 17.1. The van der Waals surface area contributed by atoms with E-state index in [1.54, 1.807) is 4.68 Å². The van der Waals surface area contributed by atoms with Gasteiger partial charge in [-0.2, -0.15) is 5.10 Å². The highest BCUT2D eigenvalue weighted by molar-refractivity contribution is 5.48. The van der Waals surface area contributed by atoms with Gasteiger partial charge >= 0.3 is 0 Å². The first-order valence-electron chi connectivity index (χ1n) is 7.34. The van der Waals surface area contributed by atoms with Crippen molar-refractivity contribution in [3.05, 3.63) is 46.7 Å². The van der Waals surface area contributed by atoms with Crippen LogP contribution in [0.1, 0.15) is 22.9 Å². The molecule has 7 heteroatoms. The van der Waals surface area contributed by atoms with Crippen molar-refractivity contribution in [2.45, 2.75) is 19.6 Å². The maximum Gasteiger partial charge on any atom is 0.131 e. The molecular weight excluding hydrogens is 302 g/mol. The van der Waals surface area contributed by atoms with Crippen molar-refractivity contribution in [2.75, 3.05) is 25.5 Å². The number of nitrogens with zero attached hydrogens (tertiary/aromatic N) is 3. The number of nitrogens with one attached hydrogen (secondary N) is 1. The van der Waals surface area contributed by atoms with Gasteiger partial charge in [0.2, 0.25) is 0 Å². The lowest BCUT2D eigenvalue weighted by molar-refractivity contribution is 0.169. The van der Waals surface area contributed by atoms with E-state index >= 15 is 0 Å². The summed E-state index contributed by atoms with van der Waals surface area (Å²) in [6, 6.07) is 3.17. The van der Waals surface area contributed by atoms with Crippen LogP contribution in [-0.4, -0.2) is 35.5 Å². The highest BCUT2D eigenvalue weighted by Crippen LogP contribution is 2.22. The Balaban J connectivity index is 2.02. The summed E-state index contributed by atoms with van der Waals surface area (Å²) in [7, 11) is 5.74. The third-order valence-corrected chi connectivity index (χ3v) is 3.70. The van der Waals surface area contributed by atoms with Crippen molar-refractivity contribution in [2.24, 2.45) is 7.05 Å². The maximum atomic E-state index is 13.6. The number of rotatable bonds is 6. The third-order valence-electron chi connectivity index (χ3n) is 3.70. The second-order valence-corrected chi connectivity index (χ2v) is 5.72. The van der Waals surface area contributed by atoms with Crippen molar-refractivity contribution < 1.29 is 13.9 Å². The lowest BCUT2D eigenvalue weighted by atomic mass is 10.1. The van der Waals surface area contributed by atoms with Gasteiger partial charge in [-0.05, 0) is 13.0 Å². The molecule has 0 amide bonds. The second kappa shape index (κ2) is 7.06. The van der Waals surface area contributed by atoms with Gasteiger partial charge in [0.15, 0.2) is 0 Å². The largest absolute Gasteiger partial charge is 0.387 e. The molecule has 2 N–H and O–H groups in total. The molecule has 2 aromatic rings. The summed E-state index contributed by atoms with van der Waals surface area (Å²) in [6.45, 7) is 2.57. The average Bonchev–Trinajstić information content (AvgIpc) is 2.73. The van der Waals surface area contributed by atoms with Gasteiger partial charge in [-0.1, -0.05) is 6.07 Å². The summed E-state index contributed by atoms with van der Waals surface area (Å²) >= 11 is 0. The molecule has 1 aromatic carbocycles. The number of aliphatic hydroxyl groups is 1. The van der Waals surface area contributed by atoms with Crippen molar-refractivity contribution >= 4 is 5.82 Å². The van der Waals surface area contributed by atoms with Crippen molar-refractivity contribution in [3.63, 3.8) is 0 Å². The summed E-state index contributed by atoms with van der Waals surface area (Å²) in [5, 5.41) is 17.6. The smallest absolute Gasteiger partial charge is 0.131 e.